The third kappa shape index (κ3) is 5.03. The van der Waals surface area contributed by atoms with E-state index >= 15 is 0 Å². The van der Waals surface area contributed by atoms with Crippen LogP contribution in [0.4, 0.5) is 28.9 Å². The van der Waals surface area contributed by atoms with Crippen molar-refractivity contribution < 1.29 is 22.4 Å². The average molecular weight is 406 g/mol. The maximum Gasteiger partial charge on any atom is 0.418 e. The minimum Gasteiger partial charge on any atom is -0.368 e. The fourth-order valence-corrected chi connectivity index (χ4v) is 3.21. The van der Waals surface area contributed by atoms with E-state index in [1.807, 2.05) is 0 Å². The zero-order chi connectivity index (χ0) is 21.0. The lowest BCUT2D eigenvalue weighted by Crippen LogP contribution is -2.49. The van der Waals surface area contributed by atoms with E-state index in [0.717, 1.165) is 6.07 Å². The smallest absolute Gasteiger partial charge is 0.368 e. The van der Waals surface area contributed by atoms with Gasteiger partial charge in [-0.2, -0.15) is 18.4 Å². The van der Waals surface area contributed by atoms with Crippen molar-refractivity contribution in [2.75, 3.05) is 42.9 Å². The summed E-state index contributed by atoms with van der Waals surface area (Å²) >= 11 is 0. The lowest BCUT2D eigenvalue weighted by atomic mass is 10.1. The van der Waals surface area contributed by atoms with Gasteiger partial charge in [0, 0.05) is 31.9 Å². The van der Waals surface area contributed by atoms with Gasteiger partial charge in [0.2, 0.25) is 5.91 Å². The highest BCUT2D eigenvalue weighted by molar-refractivity contribution is 5.92. The minimum absolute atomic E-state index is 0.0155. The van der Waals surface area contributed by atoms with E-state index in [1.54, 1.807) is 21.9 Å². The molecule has 9 heteroatoms. The average Bonchev–Trinajstić information content (AvgIpc) is 2.69. The van der Waals surface area contributed by atoms with Crippen LogP contribution in [0.15, 0.2) is 42.5 Å². The number of benzene rings is 2. The molecule has 5 nitrogen and oxygen atoms in total. The van der Waals surface area contributed by atoms with Crippen molar-refractivity contribution in [1.29, 1.82) is 5.26 Å². The molecule has 1 aliphatic rings. The number of carbonyl (C=O) groups is 1. The summed E-state index contributed by atoms with van der Waals surface area (Å²) in [5.41, 5.74) is -0.790. The highest BCUT2D eigenvalue weighted by Gasteiger charge is 2.36. The molecule has 0 atom stereocenters. The van der Waals surface area contributed by atoms with Crippen LogP contribution in [-0.2, 0) is 11.0 Å². The van der Waals surface area contributed by atoms with Gasteiger partial charge in [-0.3, -0.25) is 9.69 Å². The molecule has 1 aliphatic heterocycles. The summed E-state index contributed by atoms with van der Waals surface area (Å²) in [6.07, 6.45) is -4.57. The largest absolute Gasteiger partial charge is 0.418 e. The van der Waals surface area contributed by atoms with Crippen LogP contribution in [0.2, 0.25) is 0 Å². The molecule has 2 aromatic rings. The molecule has 0 saturated carbocycles. The standard InChI is InChI=1S/C20H18F4N4O/c21-16-3-1-2-4-17(16)26-19(29)13-27-7-9-28(10-8-27)18-6-5-14(12-25)11-15(18)20(22,23)24/h1-6,11H,7-10,13H2,(H,26,29). The monoisotopic (exact) mass is 406 g/mol. The van der Waals surface area contributed by atoms with Crippen molar-refractivity contribution in [3.63, 3.8) is 0 Å². The van der Waals surface area contributed by atoms with Crippen LogP contribution in [0.1, 0.15) is 11.1 Å². The van der Waals surface area contributed by atoms with Crippen molar-refractivity contribution in [3.8, 4) is 6.07 Å². The normalized spacial score (nSPS) is 15.1. The molecular weight excluding hydrogens is 388 g/mol. The molecule has 0 bridgehead atoms. The number of piperazine rings is 1. The number of hydrogen-bond donors (Lipinski definition) is 1. The van der Waals surface area contributed by atoms with Gasteiger partial charge >= 0.3 is 6.18 Å². The number of alkyl halides is 3. The zero-order valence-corrected chi connectivity index (χ0v) is 15.3. The molecule has 1 heterocycles. The van der Waals surface area contributed by atoms with Gasteiger partial charge in [-0.1, -0.05) is 12.1 Å². The first-order valence-corrected chi connectivity index (χ1v) is 8.91. The first-order valence-electron chi connectivity index (χ1n) is 8.91. The van der Waals surface area contributed by atoms with Crippen molar-refractivity contribution in [1.82, 2.24) is 4.90 Å². The number of rotatable bonds is 4. The second-order valence-electron chi connectivity index (χ2n) is 6.63. The Morgan fingerprint density at radius 3 is 2.41 bits per heavy atom. The summed E-state index contributed by atoms with van der Waals surface area (Å²) < 4.78 is 53.7. The summed E-state index contributed by atoms with van der Waals surface area (Å²) in [4.78, 5) is 15.5. The highest BCUT2D eigenvalue weighted by Crippen LogP contribution is 2.37. The zero-order valence-electron chi connectivity index (χ0n) is 15.3. The molecule has 0 aromatic heterocycles. The van der Waals surface area contributed by atoms with E-state index in [4.69, 9.17) is 5.26 Å². The quantitative estimate of drug-likeness (QED) is 0.790. The van der Waals surface area contributed by atoms with E-state index < -0.39 is 23.5 Å². The molecular formula is C20H18F4N4O. The predicted octanol–water partition coefficient (Wildman–Crippen LogP) is 3.48. The van der Waals surface area contributed by atoms with E-state index in [9.17, 15) is 22.4 Å². The van der Waals surface area contributed by atoms with E-state index in [2.05, 4.69) is 5.32 Å². The summed E-state index contributed by atoms with van der Waals surface area (Å²) in [6, 6.07) is 11.1. The Labute approximate surface area is 165 Å². The van der Waals surface area contributed by atoms with E-state index in [-0.39, 0.29) is 23.5 Å². The van der Waals surface area contributed by atoms with Crippen LogP contribution in [0, 0.1) is 17.1 Å². The second-order valence-corrected chi connectivity index (χ2v) is 6.63. The van der Waals surface area contributed by atoms with Crippen molar-refractivity contribution >= 4 is 17.3 Å². The Hall–Kier alpha value is -3.12. The lowest BCUT2D eigenvalue weighted by molar-refractivity contribution is -0.137. The summed E-state index contributed by atoms with van der Waals surface area (Å²) in [5, 5.41) is 11.4. The van der Waals surface area contributed by atoms with E-state index in [0.29, 0.717) is 26.2 Å². The van der Waals surface area contributed by atoms with Gasteiger partial charge in [-0.05, 0) is 30.3 Å². The molecule has 2 aromatic carbocycles. The molecule has 1 fully saturated rings. The Bertz CT molecular complexity index is 931. The third-order valence-corrected chi connectivity index (χ3v) is 4.66. The molecule has 0 spiro atoms. The highest BCUT2D eigenvalue weighted by atomic mass is 19.4. The van der Waals surface area contributed by atoms with Crippen LogP contribution in [0.3, 0.4) is 0 Å². The topological polar surface area (TPSA) is 59.4 Å². The number of carbonyl (C=O) groups excluding carboxylic acids is 1. The van der Waals surface area contributed by atoms with Crippen LogP contribution >= 0.6 is 0 Å². The number of amides is 1. The van der Waals surface area contributed by atoms with Crippen LogP contribution < -0.4 is 10.2 Å². The number of hydrogen-bond acceptors (Lipinski definition) is 4. The van der Waals surface area contributed by atoms with Gasteiger partial charge in [-0.15, -0.1) is 0 Å². The maximum atomic E-state index is 13.6. The SMILES string of the molecule is N#Cc1ccc(N2CCN(CC(=O)Nc3ccccc3F)CC2)c(C(F)(F)F)c1. The fraction of sp³-hybridized carbons (Fsp3) is 0.300. The number of anilines is 2. The molecule has 0 aliphatic carbocycles. The summed E-state index contributed by atoms with van der Waals surface area (Å²) in [6.45, 7) is 1.36. The Morgan fingerprint density at radius 1 is 1.10 bits per heavy atom. The molecule has 0 radical (unpaired) electrons. The molecule has 1 saturated heterocycles. The van der Waals surface area contributed by atoms with Crippen LogP contribution in [0.25, 0.3) is 0 Å². The Morgan fingerprint density at radius 2 is 1.79 bits per heavy atom. The number of halogens is 4. The van der Waals surface area contributed by atoms with Gasteiger partial charge < -0.3 is 10.2 Å². The fourth-order valence-electron chi connectivity index (χ4n) is 3.21. The van der Waals surface area contributed by atoms with Gasteiger partial charge in [0.25, 0.3) is 0 Å². The second kappa shape index (κ2) is 8.49. The van der Waals surface area contributed by atoms with Crippen molar-refractivity contribution in [2.24, 2.45) is 0 Å². The minimum atomic E-state index is -4.57. The first kappa shape index (κ1) is 20.6. The molecule has 29 heavy (non-hydrogen) atoms. The molecule has 3 rings (SSSR count). The van der Waals surface area contributed by atoms with Gasteiger partial charge in [0.1, 0.15) is 5.82 Å². The van der Waals surface area contributed by atoms with Crippen molar-refractivity contribution in [3.05, 3.63) is 59.4 Å². The Kier molecular flexibility index (Phi) is 6.03. The van der Waals surface area contributed by atoms with Gasteiger partial charge in [0.05, 0.1) is 29.4 Å². The van der Waals surface area contributed by atoms with Crippen molar-refractivity contribution in [2.45, 2.75) is 6.18 Å². The first-order chi connectivity index (χ1) is 13.8. The van der Waals surface area contributed by atoms with Gasteiger partial charge in [-0.25, -0.2) is 4.39 Å². The van der Waals surface area contributed by atoms with E-state index in [1.165, 1.54) is 30.3 Å². The Balaban J connectivity index is 1.62. The number of nitriles is 1. The third-order valence-electron chi connectivity index (χ3n) is 4.66. The molecule has 1 N–H and O–H groups in total. The predicted molar refractivity (Wildman–Crippen MR) is 99.8 cm³/mol. The number of nitrogens with one attached hydrogen (secondary N) is 1. The molecule has 0 unspecified atom stereocenters. The molecule has 1 amide bonds. The molecule has 152 valence electrons. The van der Waals surface area contributed by atoms with Gasteiger partial charge in [0.15, 0.2) is 0 Å². The maximum absolute atomic E-state index is 13.6. The number of nitrogens with zero attached hydrogens (tertiary/aromatic N) is 3. The number of para-hydroxylation sites is 1. The van der Waals surface area contributed by atoms with Crippen LogP contribution in [-0.4, -0.2) is 43.5 Å². The van der Waals surface area contributed by atoms with Crippen LogP contribution in [0.5, 0.6) is 0 Å². The summed E-state index contributed by atoms with van der Waals surface area (Å²) in [5.74, 6) is -0.927. The summed E-state index contributed by atoms with van der Waals surface area (Å²) in [7, 11) is 0. The lowest BCUT2D eigenvalue weighted by Gasteiger charge is -2.36.